The molecule has 0 radical (unpaired) electrons. The minimum atomic E-state index is -4.77. The molecule has 41 heavy (non-hydrogen) atoms. The Balaban J connectivity index is 1.45. The van der Waals surface area contributed by atoms with E-state index in [-0.39, 0.29) is 30.0 Å². The lowest BCUT2D eigenvalue weighted by Crippen LogP contribution is -2.42. The molecule has 4 rings (SSSR count). The molecule has 0 aliphatic carbocycles. The van der Waals surface area contributed by atoms with Crippen LogP contribution in [0.4, 0.5) is 19.0 Å². The van der Waals surface area contributed by atoms with Gasteiger partial charge in [-0.15, -0.1) is 13.2 Å². The number of carbonyl (C=O) groups excluding carboxylic acids is 1. The van der Waals surface area contributed by atoms with Crippen LogP contribution in [0.1, 0.15) is 21.5 Å². The van der Waals surface area contributed by atoms with Crippen LogP contribution in [0.25, 0.3) is 11.1 Å². The van der Waals surface area contributed by atoms with Gasteiger partial charge in [0.1, 0.15) is 23.4 Å². The van der Waals surface area contributed by atoms with E-state index in [1.165, 1.54) is 25.3 Å². The molecule has 1 atom stereocenters. The van der Waals surface area contributed by atoms with Crippen LogP contribution >= 0.6 is 0 Å². The van der Waals surface area contributed by atoms with Crippen molar-refractivity contribution in [3.8, 4) is 22.6 Å². The van der Waals surface area contributed by atoms with Crippen molar-refractivity contribution in [2.45, 2.75) is 25.4 Å². The van der Waals surface area contributed by atoms with Gasteiger partial charge in [-0.05, 0) is 53.1 Å². The van der Waals surface area contributed by atoms with E-state index in [9.17, 15) is 27.9 Å². The van der Waals surface area contributed by atoms with Crippen LogP contribution in [0, 0.1) is 0 Å². The van der Waals surface area contributed by atoms with Crippen molar-refractivity contribution in [2.24, 2.45) is 0 Å². The minimum Gasteiger partial charge on any atom is -0.496 e. The Kier molecular flexibility index (Phi) is 9.08. The fraction of sp³-hybridized carbons (Fsp3) is 0.167. The molecule has 0 saturated heterocycles. The molecule has 4 aromatic rings. The zero-order chi connectivity index (χ0) is 29.4. The molecule has 3 aromatic carbocycles. The summed E-state index contributed by atoms with van der Waals surface area (Å²) >= 11 is 0. The number of carboxylic acid groups (broad SMARTS) is 1. The number of alkyl halides is 3. The molecule has 8 nitrogen and oxygen atoms in total. The fourth-order valence-electron chi connectivity index (χ4n) is 4.07. The number of rotatable bonds is 11. The van der Waals surface area contributed by atoms with Crippen molar-refractivity contribution in [1.82, 2.24) is 10.3 Å². The van der Waals surface area contributed by atoms with Gasteiger partial charge in [0.2, 0.25) is 0 Å². The maximum atomic E-state index is 13.1. The molecule has 0 aliphatic heterocycles. The summed E-state index contributed by atoms with van der Waals surface area (Å²) in [4.78, 5) is 29.3. The normalized spacial score (nSPS) is 11.8. The molecular weight excluding hydrogens is 539 g/mol. The lowest BCUT2D eigenvalue weighted by molar-refractivity contribution is -0.274. The number of hydrogen-bond acceptors (Lipinski definition) is 6. The van der Waals surface area contributed by atoms with E-state index in [1.54, 1.807) is 66.9 Å². The second kappa shape index (κ2) is 12.9. The van der Waals surface area contributed by atoms with E-state index in [2.05, 4.69) is 20.4 Å². The van der Waals surface area contributed by atoms with Crippen molar-refractivity contribution < 1.29 is 37.3 Å². The molecule has 0 unspecified atom stereocenters. The van der Waals surface area contributed by atoms with Crippen LogP contribution in [-0.4, -0.2) is 41.5 Å². The maximum absolute atomic E-state index is 13.1. The maximum Gasteiger partial charge on any atom is 0.573 e. The Morgan fingerprint density at radius 1 is 0.927 bits per heavy atom. The first-order valence-corrected chi connectivity index (χ1v) is 12.4. The summed E-state index contributed by atoms with van der Waals surface area (Å²) in [5.41, 5.74) is 2.81. The highest BCUT2D eigenvalue weighted by atomic mass is 19.4. The Morgan fingerprint density at radius 2 is 1.66 bits per heavy atom. The van der Waals surface area contributed by atoms with Crippen molar-refractivity contribution >= 4 is 17.7 Å². The van der Waals surface area contributed by atoms with Gasteiger partial charge in [0.15, 0.2) is 0 Å². The quantitative estimate of drug-likeness (QED) is 0.214. The standard InChI is InChI=1S/C30H26F3N3O5/c1-40-26-12-10-21(16-24(26)28(37)36-25(29(38)39)15-19-6-3-2-4-7-19)22-11-13-27(35-18-22)34-17-20-8-5-9-23(14-20)41-30(31,32)33/h2-14,16,18,25H,15,17H2,1H3,(H,34,35)(H,36,37)(H,38,39)/t25-/m0/s1. The third kappa shape index (κ3) is 8.21. The number of benzene rings is 3. The number of carboxylic acids is 1. The number of hydrogen-bond donors (Lipinski definition) is 3. The summed E-state index contributed by atoms with van der Waals surface area (Å²) in [6, 6.07) is 21.9. The number of nitrogens with zero attached hydrogens (tertiary/aromatic N) is 1. The fourth-order valence-corrected chi connectivity index (χ4v) is 4.07. The Bertz CT molecular complexity index is 1500. The molecular formula is C30H26F3N3O5. The summed E-state index contributed by atoms with van der Waals surface area (Å²) in [6.07, 6.45) is -3.09. The Hall–Kier alpha value is -5.06. The molecule has 212 valence electrons. The smallest absolute Gasteiger partial charge is 0.496 e. The summed E-state index contributed by atoms with van der Waals surface area (Å²) in [5, 5.41) is 15.3. The van der Waals surface area contributed by atoms with E-state index < -0.39 is 24.3 Å². The van der Waals surface area contributed by atoms with Gasteiger partial charge in [-0.3, -0.25) is 4.79 Å². The first-order chi connectivity index (χ1) is 19.6. The van der Waals surface area contributed by atoms with Crippen molar-refractivity contribution in [3.05, 3.63) is 108 Å². The van der Waals surface area contributed by atoms with Crippen LogP contribution < -0.4 is 20.1 Å². The van der Waals surface area contributed by atoms with Gasteiger partial charge in [-0.2, -0.15) is 0 Å². The number of aromatic nitrogens is 1. The van der Waals surface area contributed by atoms with E-state index in [0.29, 0.717) is 22.5 Å². The largest absolute Gasteiger partial charge is 0.573 e. The molecule has 0 spiro atoms. The molecule has 1 aromatic heterocycles. The Morgan fingerprint density at radius 3 is 2.32 bits per heavy atom. The van der Waals surface area contributed by atoms with Gasteiger partial charge >= 0.3 is 12.3 Å². The van der Waals surface area contributed by atoms with Gasteiger partial charge in [0.25, 0.3) is 5.91 Å². The molecule has 0 saturated carbocycles. The van der Waals surface area contributed by atoms with E-state index in [4.69, 9.17) is 4.74 Å². The van der Waals surface area contributed by atoms with Crippen LogP contribution in [0.3, 0.4) is 0 Å². The molecule has 3 N–H and O–H groups in total. The average molecular weight is 566 g/mol. The summed E-state index contributed by atoms with van der Waals surface area (Å²) < 4.78 is 46.7. The number of nitrogens with one attached hydrogen (secondary N) is 2. The summed E-state index contributed by atoms with van der Waals surface area (Å²) in [7, 11) is 1.41. The number of carbonyl (C=O) groups is 2. The van der Waals surface area contributed by atoms with Crippen LogP contribution in [0.2, 0.25) is 0 Å². The Labute approximate surface area is 233 Å². The number of halogens is 3. The van der Waals surface area contributed by atoms with Crippen LogP contribution in [-0.2, 0) is 17.8 Å². The molecule has 0 fully saturated rings. The number of pyridine rings is 1. The highest BCUT2D eigenvalue weighted by molar-refractivity contribution is 6.00. The van der Waals surface area contributed by atoms with Gasteiger partial charge in [-0.25, -0.2) is 9.78 Å². The predicted molar refractivity (Wildman–Crippen MR) is 146 cm³/mol. The first-order valence-electron chi connectivity index (χ1n) is 12.4. The van der Waals surface area contributed by atoms with E-state index in [0.717, 1.165) is 5.56 Å². The number of ether oxygens (including phenoxy) is 2. The highest BCUT2D eigenvalue weighted by Gasteiger charge is 2.31. The predicted octanol–water partition coefficient (Wildman–Crippen LogP) is 5.69. The minimum absolute atomic E-state index is 0.113. The molecule has 0 aliphatic rings. The third-order valence-corrected chi connectivity index (χ3v) is 6.03. The number of methoxy groups -OCH3 is 1. The lowest BCUT2D eigenvalue weighted by Gasteiger charge is -2.17. The third-order valence-electron chi connectivity index (χ3n) is 6.03. The van der Waals surface area contributed by atoms with Gasteiger partial charge in [0, 0.05) is 24.7 Å². The second-order valence-electron chi connectivity index (χ2n) is 8.95. The van der Waals surface area contributed by atoms with Gasteiger partial charge < -0.3 is 25.2 Å². The van der Waals surface area contributed by atoms with Gasteiger partial charge in [-0.1, -0.05) is 48.5 Å². The zero-order valence-corrected chi connectivity index (χ0v) is 21.8. The lowest BCUT2D eigenvalue weighted by atomic mass is 10.0. The number of anilines is 1. The molecule has 11 heteroatoms. The highest BCUT2D eigenvalue weighted by Crippen LogP contribution is 2.28. The number of amides is 1. The molecule has 1 heterocycles. The van der Waals surface area contributed by atoms with Crippen LogP contribution in [0.5, 0.6) is 11.5 Å². The summed E-state index contributed by atoms with van der Waals surface area (Å²) in [6.45, 7) is 0.210. The zero-order valence-electron chi connectivity index (χ0n) is 21.8. The van der Waals surface area contributed by atoms with Crippen molar-refractivity contribution in [2.75, 3.05) is 12.4 Å². The van der Waals surface area contributed by atoms with E-state index in [1.807, 2.05) is 6.07 Å². The molecule has 1 amide bonds. The van der Waals surface area contributed by atoms with E-state index >= 15 is 0 Å². The van der Waals surface area contributed by atoms with Crippen LogP contribution in [0.15, 0.2) is 91.1 Å². The van der Waals surface area contributed by atoms with Crippen molar-refractivity contribution in [1.29, 1.82) is 0 Å². The van der Waals surface area contributed by atoms with Crippen molar-refractivity contribution in [3.63, 3.8) is 0 Å². The summed E-state index contributed by atoms with van der Waals surface area (Å²) in [5.74, 6) is -1.32. The number of aliphatic carboxylic acids is 1. The first kappa shape index (κ1) is 28.9. The SMILES string of the molecule is COc1ccc(-c2ccc(NCc3cccc(OC(F)(F)F)c3)nc2)cc1C(=O)N[C@@H](Cc1ccccc1)C(=O)O. The van der Waals surface area contributed by atoms with Gasteiger partial charge in [0.05, 0.1) is 12.7 Å². The topological polar surface area (TPSA) is 110 Å². The average Bonchev–Trinajstić information content (AvgIpc) is 2.95. The second-order valence-corrected chi connectivity index (χ2v) is 8.95. The monoisotopic (exact) mass is 565 g/mol. The molecule has 0 bridgehead atoms.